The molecule has 0 spiro atoms. The van der Waals surface area contributed by atoms with E-state index < -0.39 is 17.8 Å². The predicted molar refractivity (Wildman–Crippen MR) is 77.5 cm³/mol. The Hall–Kier alpha value is -0.650. The van der Waals surface area contributed by atoms with Crippen LogP contribution in [0.5, 0.6) is 0 Å². The number of halogens is 3. The summed E-state index contributed by atoms with van der Waals surface area (Å²) < 4.78 is 14.5. The van der Waals surface area contributed by atoms with Gasteiger partial charge in [-0.2, -0.15) is 0 Å². The number of aliphatic hydroxyl groups is 1. The van der Waals surface area contributed by atoms with Gasteiger partial charge in [-0.05, 0) is 24.3 Å². The van der Waals surface area contributed by atoms with Gasteiger partial charge in [-0.3, -0.25) is 0 Å². The van der Waals surface area contributed by atoms with E-state index >= 15 is 0 Å². The molecule has 0 bridgehead atoms. The van der Waals surface area contributed by atoms with Gasteiger partial charge in [0.05, 0.1) is 10.4 Å². The third kappa shape index (κ3) is 3.09. The number of benzene rings is 1. The Labute approximate surface area is 124 Å². The van der Waals surface area contributed by atoms with Gasteiger partial charge in [-0.15, -0.1) is 11.3 Å². The first-order chi connectivity index (χ1) is 9.04. The summed E-state index contributed by atoms with van der Waals surface area (Å²) in [6.07, 6.45) is -0.933. The fourth-order valence-electron chi connectivity index (χ4n) is 1.96. The number of nitrogens with two attached hydrogens (primary N) is 1. The summed E-state index contributed by atoms with van der Waals surface area (Å²) in [6, 6.07) is 7.79. The zero-order valence-electron chi connectivity index (χ0n) is 9.82. The largest absolute Gasteiger partial charge is 0.387 e. The Morgan fingerprint density at radius 3 is 2.53 bits per heavy atom. The number of thiophene rings is 1. The molecule has 0 saturated heterocycles. The second kappa shape index (κ2) is 6.20. The van der Waals surface area contributed by atoms with Gasteiger partial charge in [0.15, 0.2) is 0 Å². The van der Waals surface area contributed by atoms with Gasteiger partial charge in [0.2, 0.25) is 0 Å². The molecule has 2 atom stereocenters. The summed E-state index contributed by atoms with van der Waals surface area (Å²) in [6.45, 7) is 0.0807. The van der Waals surface area contributed by atoms with E-state index in [1.165, 1.54) is 23.5 Å². The molecule has 0 aliphatic carbocycles. The second-order valence-corrected chi connectivity index (χ2v) is 6.22. The van der Waals surface area contributed by atoms with Crippen LogP contribution in [0.25, 0.3) is 0 Å². The van der Waals surface area contributed by atoms with Gasteiger partial charge in [0.25, 0.3) is 0 Å². The maximum atomic E-state index is 13.9. The van der Waals surface area contributed by atoms with Crippen LogP contribution in [0.15, 0.2) is 30.3 Å². The topological polar surface area (TPSA) is 46.2 Å². The van der Waals surface area contributed by atoms with Crippen LogP contribution < -0.4 is 5.73 Å². The van der Waals surface area contributed by atoms with Crippen LogP contribution in [0, 0.1) is 5.82 Å². The highest BCUT2D eigenvalue weighted by Crippen LogP contribution is 2.38. The Morgan fingerprint density at radius 2 is 2.00 bits per heavy atom. The molecule has 3 N–H and O–H groups in total. The molecule has 2 aromatic rings. The van der Waals surface area contributed by atoms with E-state index in [9.17, 15) is 9.50 Å². The first-order valence-corrected chi connectivity index (χ1v) is 7.19. The Bertz CT molecular complexity index is 555. The summed E-state index contributed by atoms with van der Waals surface area (Å²) in [5.41, 5.74) is 5.91. The third-order valence-electron chi connectivity index (χ3n) is 2.89. The van der Waals surface area contributed by atoms with Crippen molar-refractivity contribution in [2.75, 3.05) is 6.54 Å². The standard InChI is InChI=1S/C13H12Cl2FNOS/c14-8-2-1-3-9(16)12(8)7(6-17)13(18)10-4-5-11(15)19-10/h1-5,7,13,18H,6,17H2. The SMILES string of the molecule is NCC(c1c(F)cccc1Cl)C(O)c1ccc(Cl)s1. The van der Waals surface area contributed by atoms with E-state index in [4.69, 9.17) is 28.9 Å². The molecule has 0 radical (unpaired) electrons. The van der Waals surface area contributed by atoms with Crippen LogP contribution >= 0.6 is 34.5 Å². The van der Waals surface area contributed by atoms with E-state index in [0.717, 1.165) is 0 Å². The molecule has 0 aliphatic heterocycles. The molecular weight excluding hydrogens is 308 g/mol. The minimum absolute atomic E-state index is 0.0807. The molecule has 2 unspecified atom stereocenters. The van der Waals surface area contributed by atoms with E-state index in [2.05, 4.69) is 0 Å². The van der Waals surface area contributed by atoms with Gasteiger partial charge < -0.3 is 10.8 Å². The second-order valence-electron chi connectivity index (χ2n) is 4.06. The molecular formula is C13H12Cl2FNOS. The highest BCUT2D eigenvalue weighted by molar-refractivity contribution is 7.16. The van der Waals surface area contributed by atoms with Crippen molar-refractivity contribution in [1.29, 1.82) is 0 Å². The number of rotatable bonds is 4. The molecule has 2 rings (SSSR count). The third-order valence-corrected chi connectivity index (χ3v) is 4.52. The van der Waals surface area contributed by atoms with E-state index in [0.29, 0.717) is 9.21 Å². The van der Waals surface area contributed by atoms with E-state index in [-0.39, 0.29) is 17.1 Å². The summed E-state index contributed by atoms with van der Waals surface area (Å²) in [5, 5.41) is 10.6. The first-order valence-electron chi connectivity index (χ1n) is 5.62. The van der Waals surface area contributed by atoms with Gasteiger partial charge in [0.1, 0.15) is 5.82 Å². The Morgan fingerprint density at radius 1 is 1.26 bits per heavy atom. The maximum absolute atomic E-state index is 13.9. The lowest BCUT2D eigenvalue weighted by Gasteiger charge is -2.22. The van der Waals surface area contributed by atoms with Crippen molar-refractivity contribution in [3.63, 3.8) is 0 Å². The first kappa shape index (κ1) is 14.8. The van der Waals surface area contributed by atoms with Crippen LogP contribution in [0.1, 0.15) is 22.5 Å². The molecule has 0 aliphatic rings. The lowest BCUT2D eigenvalue weighted by atomic mass is 9.92. The number of hydrogen-bond donors (Lipinski definition) is 2. The minimum atomic E-state index is -0.933. The van der Waals surface area contributed by atoms with Crippen molar-refractivity contribution in [2.45, 2.75) is 12.0 Å². The molecule has 102 valence electrons. The molecule has 2 nitrogen and oxygen atoms in total. The van der Waals surface area contributed by atoms with Gasteiger partial charge in [0, 0.05) is 27.9 Å². The van der Waals surface area contributed by atoms with Gasteiger partial charge >= 0.3 is 0 Å². The zero-order valence-corrected chi connectivity index (χ0v) is 12.1. The Kier molecular flexibility index (Phi) is 4.81. The lowest BCUT2D eigenvalue weighted by molar-refractivity contribution is 0.149. The molecule has 1 aromatic heterocycles. The average Bonchev–Trinajstić information content (AvgIpc) is 2.80. The summed E-state index contributed by atoms with van der Waals surface area (Å²) >= 11 is 13.1. The van der Waals surface area contributed by atoms with Crippen molar-refractivity contribution in [3.05, 3.63) is 55.9 Å². The molecule has 1 aromatic carbocycles. The molecule has 19 heavy (non-hydrogen) atoms. The fraction of sp³-hybridized carbons (Fsp3) is 0.231. The minimum Gasteiger partial charge on any atom is -0.387 e. The van der Waals surface area contributed by atoms with Crippen LogP contribution in [-0.4, -0.2) is 11.7 Å². The summed E-state index contributed by atoms with van der Waals surface area (Å²) in [5.74, 6) is -1.08. The number of hydrogen-bond acceptors (Lipinski definition) is 3. The van der Waals surface area contributed by atoms with Crippen molar-refractivity contribution in [2.24, 2.45) is 5.73 Å². The number of aliphatic hydroxyl groups excluding tert-OH is 1. The van der Waals surface area contributed by atoms with Gasteiger partial charge in [-0.25, -0.2) is 4.39 Å². The van der Waals surface area contributed by atoms with E-state index in [1.54, 1.807) is 18.2 Å². The molecule has 1 heterocycles. The van der Waals surface area contributed by atoms with Crippen molar-refractivity contribution in [1.82, 2.24) is 0 Å². The highest BCUT2D eigenvalue weighted by Gasteiger charge is 2.27. The molecule has 6 heteroatoms. The maximum Gasteiger partial charge on any atom is 0.128 e. The van der Waals surface area contributed by atoms with Crippen LogP contribution in [0.2, 0.25) is 9.36 Å². The predicted octanol–water partition coefficient (Wildman–Crippen LogP) is 3.97. The van der Waals surface area contributed by atoms with Crippen LogP contribution in [0.3, 0.4) is 0 Å². The monoisotopic (exact) mass is 319 g/mol. The smallest absolute Gasteiger partial charge is 0.128 e. The molecule has 0 amide bonds. The lowest BCUT2D eigenvalue weighted by Crippen LogP contribution is -2.21. The van der Waals surface area contributed by atoms with Crippen molar-refractivity contribution in [3.8, 4) is 0 Å². The van der Waals surface area contributed by atoms with Crippen molar-refractivity contribution >= 4 is 34.5 Å². The Balaban J connectivity index is 2.39. The normalized spacial score (nSPS) is 14.4. The van der Waals surface area contributed by atoms with E-state index in [1.807, 2.05) is 0 Å². The zero-order chi connectivity index (χ0) is 14.0. The van der Waals surface area contributed by atoms with Crippen LogP contribution in [-0.2, 0) is 0 Å². The summed E-state index contributed by atoms with van der Waals surface area (Å²) in [7, 11) is 0. The molecule has 0 saturated carbocycles. The van der Waals surface area contributed by atoms with Crippen LogP contribution in [0.4, 0.5) is 4.39 Å². The summed E-state index contributed by atoms with van der Waals surface area (Å²) in [4.78, 5) is 0.639. The van der Waals surface area contributed by atoms with Gasteiger partial charge in [-0.1, -0.05) is 29.3 Å². The fourth-order valence-corrected chi connectivity index (χ4v) is 3.37. The highest BCUT2D eigenvalue weighted by atomic mass is 35.5. The quantitative estimate of drug-likeness (QED) is 0.895. The van der Waals surface area contributed by atoms with Crippen molar-refractivity contribution < 1.29 is 9.50 Å². The molecule has 0 fully saturated rings. The average molecular weight is 320 g/mol.